The predicted molar refractivity (Wildman–Crippen MR) is 122 cm³/mol. The van der Waals surface area contributed by atoms with E-state index < -0.39 is 0 Å². The van der Waals surface area contributed by atoms with Crippen LogP contribution in [0.25, 0.3) is 10.9 Å². The van der Waals surface area contributed by atoms with Gasteiger partial charge in [0.05, 0.1) is 16.9 Å². The number of benzene rings is 1. The molecule has 1 aliphatic heterocycles. The first-order valence-electron chi connectivity index (χ1n) is 11.4. The van der Waals surface area contributed by atoms with Crippen LogP contribution < -0.4 is 5.56 Å². The number of hydrogen-bond acceptors (Lipinski definition) is 4. The first-order valence-corrected chi connectivity index (χ1v) is 11.4. The Hall–Kier alpha value is -1.72. The average Bonchev–Trinajstić information content (AvgIpc) is 2.94. The SMILES string of the molecule is CCCC(c1nc2ccc(C)cc2c(=O)n1CC(C)C)N1CCCN(CC)CC1. The third kappa shape index (κ3) is 5.07. The maximum atomic E-state index is 13.5. The Labute approximate surface area is 175 Å². The van der Waals surface area contributed by atoms with Gasteiger partial charge in [-0.15, -0.1) is 0 Å². The van der Waals surface area contributed by atoms with Crippen LogP contribution in [0.2, 0.25) is 0 Å². The predicted octanol–water partition coefficient (Wildman–Crippen LogP) is 4.23. The van der Waals surface area contributed by atoms with Gasteiger partial charge in [-0.25, -0.2) is 4.98 Å². The zero-order valence-corrected chi connectivity index (χ0v) is 18.9. The van der Waals surface area contributed by atoms with Crippen molar-refractivity contribution in [3.63, 3.8) is 0 Å². The van der Waals surface area contributed by atoms with Gasteiger partial charge >= 0.3 is 0 Å². The zero-order valence-electron chi connectivity index (χ0n) is 18.9. The Morgan fingerprint density at radius 2 is 1.90 bits per heavy atom. The second-order valence-electron chi connectivity index (χ2n) is 8.93. The van der Waals surface area contributed by atoms with Gasteiger partial charge in [0, 0.05) is 26.2 Å². The molecule has 1 atom stereocenters. The Morgan fingerprint density at radius 1 is 1.10 bits per heavy atom. The lowest BCUT2D eigenvalue weighted by atomic mass is 10.1. The Kier molecular flexibility index (Phi) is 7.47. The molecule has 2 heterocycles. The highest BCUT2D eigenvalue weighted by Crippen LogP contribution is 2.27. The molecule has 5 heteroatoms. The third-order valence-corrected chi connectivity index (χ3v) is 6.06. The van der Waals surface area contributed by atoms with E-state index in [9.17, 15) is 4.79 Å². The molecule has 1 aromatic heterocycles. The molecular weight excluding hydrogens is 360 g/mol. The van der Waals surface area contributed by atoms with E-state index in [0.29, 0.717) is 5.92 Å². The van der Waals surface area contributed by atoms with Crippen LogP contribution in [0.5, 0.6) is 0 Å². The summed E-state index contributed by atoms with van der Waals surface area (Å²) in [6, 6.07) is 6.27. The minimum absolute atomic E-state index is 0.119. The van der Waals surface area contributed by atoms with Crippen LogP contribution in [-0.2, 0) is 6.54 Å². The van der Waals surface area contributed by atoms with Crippen LogP contribution in [0, 0.1) is 12.8 Å². The number of aromatic nitrogens is 2. The van der Waals surface area contributed by atoms with Gasteiger partial charge in [0.2, 0.25) is 0 Å². The molecule has 0 aliphatic carbocycles. The Balaban J connectivity index is 2.09. The Morgan fingerprint density at radius 3 is 2.59 bits per heavy atom. The summed E-state index contributed by atoms with van der Waals surface area (Å²) >= 11 is 0. The van der Waals surface area contributed by atoms with E-state index in [1.165, 1.54) is 6.42 Å². The number of hydrogen-bond donors (Lipinski definition) is 0. The van der Waals surface area contributed by atoms with Crippen LogP contribution in [0.1, 0.15) is 64.4 Å². The van der Waals surface area contributed by atoms with E-state index in [0.717, 1.165) is 74.4 Å². The summed E-state index contributed by atoms with van der Waals surface area (Å²) in [6.07, 6.45) is 3.30. The molecule has 1 aromatic carbocycles. The number of aryl methyl sites for hydroxylation is 1. The molecule has 3 rings (SSSR count). The van der Waals surface area contributed by atoms with Crippen molar-refractivity contribution in [2.24, 2.45) is 5.92 Å². The minimum Gasteiger partial charge on any atom is -0.302 e. The van der Waals surface area contributed by atoms with Gasteiger partial charge in [-0.2, -0.15) is 0 Å². The first kappa shape index (κ1) is 22.0. The summed E-state index contributed by atoms with van der Waals surface area (Å²) in [5, 5.41) is 0.748. The van der Waals surface area contributed by atoms with E-state index in [1.54, 1.807) is 0 Å². The number of nitrogens with zero attached hydrogens (tertiary/aromatic N) is 4. The highest BCUT2D eigenvalue weighted by atomic mass is 16.1. The van der Waals surface area contributed by atoms with Crippen molar-refractivity contribution in [2.75, 3.05) is 32.7 Å². The van der Waals surface area contributed by atoms with Gasteiger partial charge in [0.15, 0.2) is 0 Å². The molecule has 0 saturated carbocycles. The fourth-order valence-electron chi connectivity index (χ4n) is 4.52. The molecule has 29 heavy (non-hydrogen) atoms. The Bertz CT molecular complexity index is 873. The monoisotopic (exact) mass is 398 g/mol. The summed E-state index contributed by atoms with van der Waals surface area (Å²) in [5.41, 5.74) is 2.06. The van der Waals surface area contributed by atoms with Gasteiger partial charge in [0.1, 0.15) is 5.82 Å². The number of fused-ring (bicyclic) bond motifs is 1. The smallest absolute Gasteiger partial charge is 0.261 e. The molecule has 1 saturated heterocycles. The third-order valence-electron chi connectivity index (χ3n) is 6.06. The summed E-state index contributed by atoms with van der Waals surface area (Å²) < 4.78 is 1.98. The zero-order chi connectivity index (χ0) is 21.0. The van der Waals surface area contributed by atoms with Crippen molar-refractivity contribution in [3.8, 4) is 0 Å². The molecule has 0 amide bonds. The van der Waals surface area contributed by atoms with Crippen LogP contribution in [0.3, 0.4) is 0 Å². The summed E-state index contributed by atoms with van der Waals surface area (Å²) in [5.74, 6) is 1.37. The van der Waals surface area contributed by atoms with E-state index in [2.05, 4.69) is 43.6 Å². The van der Waals surface area contributed by atoms with Crippen LogP contribution in [0.4, 0.5) is 0 Å². The normalized spacial score (nSPS) is 17.7. The van der Waals surface area contributed by atoms with Crippen molar-refractivity contribution in [3.05, 3.63) is 39.9 Å². The average molecular weight is 399 g/mol. The van der Waals surface area contributed by atoms with Crippen molar-refractivity contribution in [2.45, 2.75) is 66.5 Å². The van der Waals surface area contributed by atoms with Crippen LogP contribution >= 0.6 is 0 Å². The van der Waals surface area contributed by atoms with Gasteiger partial charge in [-0.1, -0.05) is 45.7 Å². The molecule has 0 bridgehead atoms. The van der Waals surface area contributed by atoms with Crippen molar-refractivity contribution in [1.82, 2.24) is 19.4 Å². The largest absolute Gasteiger partial charge is 0.302 e. The summed E-state index contributed by atoms with van der Waals surface area (Å²) in [7, 11) is 0. The minimum atomic E-state index is 0.119. The van der Waals surface area contributed by atoms with Crippen molar-refractivity contribution >= 4 is 10.9 Å². The van der Waals surface area contributed by atoms with Crippen molar-refractivity contribution in [1.29, 1.82) is 0 Å². The maximum Gasteiger partial charge on any atom is 0.261 e. The van der Waals surface area contributed by atoms with Crippen molar-refractivity contribution < 1.29 is 0 Å². The second-order valence-corrected chi connectivity index (χ2v) is 8.93. The van der Waals surface area contributed by atoms with Crippen LogP contribution in [0.15, 0.2) is 23.0 Å². The molecule has 2 aromatic rings. The molecule has 0 spiro atoms. The fraction of sp³-hybridized carbons (Fsp3) is 0.667. The standard InChI is InChI=1S/C24H38N4O/c1-6-9-22(27-13-8-12-26(7-2)14-15-27)23-25-21-11-10-19(5)16-20(21)24(29)28(23)17-18(3)4/h10-11,16,18,22H,6-9,12-15,17H2,1-5H3. The molecule has 1 fully saturated rings. The molecule has 0 N–H and O–H groups in total. The van der Waals surface area contributed by atoms with E-state index in [1.807, 2.05) is 23.6 Å². The summed E-state index contributed by atoms with van der Waals surface area (Å²) in [4.78, 5) is 23.7. The van der Waals surface area contributed by atoms with E-state index in [-0.39, 0.29) is 11.6 Å². The molecule has 0 radical (unpaired) electrons. The summed E-state index contributed by atoms with van der Waals surface area (Å²) in [6.45, 7) is 17.1. The topological polar surface area (TPSA) is 41.4 Å². The van der Waals surface area contributed by atoms with Gasteiger partial charge in [-0.3, -0.25) is 14.3 Å². The first-order chi connectivity index (χ1) is 13.9. The van der Waals surface area contributed by atoms with Gasteiger partial charge < -0.3 is 4.90 Å². The lowest BCUT2D eigenvalue weighted by molar-refractivity contribution is 0.176. The highest BCUT2D eigenvalue weighted by molar-refractivity contribution is 5.78. The van der Waals surface area contributed by atoms with Gasteiger partial charge in [-0.05, 0) is 50.9 Å². The molecule has 1 unspecified atom stereocenters. The molecule has 160 valence electrons. The van der Waals surface area contributed by atoms with E-state index >= 15 is 0 Å². The fourth-order valence-corrected chi connectivity index (χ4v) is 4.52. The molecular formula is C24H38N4O. The maximum absolute atomic E-state index is 13.5. The highest BCUT2D eigenvalue weighted by Gasteiger charge is 2.27. The molecule has 1 aliphatic rings. The quantitative estimate of drug-likeness (QED) is 0.700. The van der Waals surface area contributed by atoms with Gasteiger partial charge in [0.25, 0.3) is 5.56 Å². The molecule has 5 nitrogen and oxygen atoms in total. The van der Waals surface area contributed by atoms with E-state index in [4.69, 9.17) is 4.98 Å². The van der Waals surface area contributed by atoms with Crippen LogP contribution in [-0.4, -0.2) is 52.1 Å². The number of likely N-dealkylation sites (N-methyl/N-ethyl adjacent to an activating group) is 1. The second kappa shape index (κ2) is 9.86. The lowest BCUT2D eigenvalue weighted by Gasteiger charge is -2.32. The lowest BCUT2D eigenvalue weighted by Crippen LogP contribution is -2.38. The number of rotatable bonds is 7.